The Labute approximate surface area is 158 Å². The van der Waals surface area contributed by atoms with Gasteiger partial charge in [-0.25, -0.2) is 0 Å². The number of nitrogens with zero attached hydrogens (tertiary/aromatic N) is 3. The Morgan fingerprint density at radius 1 is 1.15 bits per heavy atom. The number of ether oxygens (including phenoxy) is 1. The first-order chi connectivity index (χ1) is 12.4. The summed E-state index contributed by atoms with van der Waals surface area (Å²) in [6, 6.07) is 0. The summed E-state index contributed by atoms with van der Waals surface area (Å²) in [5.74, 6) is 0.0539. The first kappa shape index (κ1) is 20.1. The third-order valence-electron chi connectivity index (χ3n) is 6.99. The number of aliphatic hydroxyl groups is 1. The van der Waals surface area contributed by atoms with Gasteiger partial charge in [0.1, 0.15) is 6.61 Å². The molecule has 150 valence electrons. The van der Waals surface area contributed by atoms with E-state index < -0.39 is 0 Å². The fraction of sp³-hybridized carbons (Fsp3) is 0.950. The molecule has 0 bridgehead atoms. The van der Waals surface area contributed by atoms with Crippen molar-refractivity contribution in [2.45, 2.75) is 45.1 Å². The van der Waals surface area contributed by atoms with Crippen LogP contribution in [0.1, 0.15) is 39.0 Å². The number of rotatable bonds is 4. The molecule has 3 heterocycles. The Balaban J connectivity index is 1.64. The van der Waals surface area contributed by atoms with E-state index in [0.29, 0.717) is 12.0 Å². The van der Waals surface area contributed by atoms with Crippen LogP contribution >= 0.6 is 0 Å². The van der Waals surface area contributed by atoms with Crippen molar-refractivity contribution in [1.82, 2.24) is 14.7 Å². The molecule has 3 saturated heterocycles. The summed E-state index contributed by atoms with van der Waals surface area (Å²) in [6.45, 7) is 9.38. The molecule has 2 atom stereocenters. The number of carbonyl (C=O) groups is 1. The van der Waals surface area contributed by atoms with Crippen LogP contribution in [0.25, 0.3) is 0 Å². The Kier molecular flexibility index (Phi) is 6.27. The molecule has 6 heteroatoms. The number of likely N-dealkylation sites (tertiary alicyclic amines) is 3. The van der Waals surface area contributed by atoms with Crippen LogP contribution in [0.2, 0.25) is 0 Å². The van der Waals surface area contributed by atoms with E-state index in [-0.39, 0.29) is 24.0 Å². The van der Waals surface area contributed by atoms with E-state index in [1.807, 2.05) is 4.90 Å². The molecule has 0 aromatic rings. The molecule has 1 amide bonds. The van der Waals surface area contributed by atoms with Gasteiger partial charge in [-0.15, -0.1) is 0 Å². The van der Waals surface area contributed by atoms with Gasteiger partial charge in [-0.2, -0.15) is 0 Å². The van der Waals surface area contributed by atoms with Gasteiger partial charge in [0.15, 0.2) is 0 Å². The van der Waals surface area contributed by atoms with Crippen LogP contribution in [0.3, 0.4) is 0 Å². The van der Waals surface area contributed by atoms with Crippen LogP contribution in [-0.2, 0) is 9.53 Å². The molecule has 0 aliphatic carbocycles. The van der Waals surface area contributed by atoms with Crippen molar-refractivity contribution < 1.29 is 14.6 Å². The maximum absolute atomic E-state index is 12.3. The van der Waals surface area contributed by atoms with Gasteiger partial charge in [0.05, 0.1) is 6.10 Å². The van der Waals surface area contributed by atoms with Gasteiger partial charge >= 0.3 is 0 Å². The Hall–Kier alpha value is -0.690. The van der Waals surface area contributed by atoms with Gasteiger partial charge in [0, 0.05) is 45.2 Å². The molecule has 3 fully saturated rings. The molecule has 6 nitrogen and oxygen atoms in total. The minimum atomic E-state index is -0.304. The minimum absolute atomic E-state index is 0.0539. The highest BCUT2D eigenvalue weighted by Gasteiger charge is 2.47. The predicted molar refractivity (Wildman–Crippen MR) is 102 cm³/mol. The summed E-state index contributed by atoms with van der Waals surface area (Å²) in [4.78, 5) is 19.2. The Bertz CT molecular complexity index is 493. The van der Waals surface area contributed by atoms with Crippen LogP contribution in [0.15, 0.2) is 0 Å². The lowest BCUT2D eigenvalue weighted by Crippen LogP contribution is -2.61. The summed E-state index contributed by atoms with van der Waals surface area (Å²) in [5.41, 5.74) is 0.206. The first-order valence-electron chi connectivity index (χ1n) is 10.2. The molecule has 0 unspecified atom stereocenters. The average molecular weight is 368 g/mol. The van der Waals surface area contributed by atoms with Gasteiger partial charge in [0.2, 0.25) is 5.91 Å². The second-order valence-corrected chi connectivity index (χ2v) is 9.34. The van der Waals surface area contributed by atoms with Crippen molar-refractivity contribution in [1.29, 1.82) is 0 Å². The third kappa shape index (κ3) is 4.41. The number of amides is 1. The summed E-state index contributed by atoms with van der Waals surface area (Å²) in [7, 11) is 3.77. The number of hydrogen-bond donors (Lipinski definition) is 1. The highest BCUT2D eigenvalue weighted by Crippen LogP contribution is 2.41. The van der Waals surface area contributed by atoms with E-state index >= 15 is 0 Å². The minimum Gasteiger partial charge on any atom is -0.392 e. The Morgan fingerprint density at radius 2 is 1.88 bits per heavy atom. The summed E-state index contributed by atoms with van der Waals surface area (Å²) in [5, 5.41) is 10.8. The van der Waals surface area contributed by atoms with E-state index in [2.05, 4.69) is 23.8 Å². The van der Waals surface area contributed by atoms with Gasteiger partial charge in [-0.05, 0) is 57.7 Å². The molecule has 3 aliphatic heterocycles. The van der Waals surface area contributed by atoms with Crippen LogP contribution in [-0.4, -0.2) is 98.4 Å². The SMILES string of the molecule is COCC(=O)N1CCC[C@@]2(CN(CC3(C)CCN(C)CC3)CC[C@H]2O)C1. The average Bonchev–Trinajstić information content (AvgIpc) is 2.62. The van der Waals surface area contributed by atoms with Gasteiger partial charge in [-0.1, -0.05) is 6.92 Å². The van der Waals surface area contributed by atoms with Crippen LogP contribution in [0.5, 0.6) is 0 Å². The van der Waals surface area contributed by atoms with Crippen molar-refractivity contribution >= 4 is 5.91 Å². The molecule has 0 radical (unpaired) electrons. The van der Waals surface area contributed by atoms with Crippen LogP contribution < -0.4 is 0 Å². The second kappa shape index (κ2) is 8.13. The van der Waals surface area contributed by atoms with E-state index in [9.17, 15) is 9.90 Å². The molecule has 1 N–H and O–H groups in total. The number of aliphatic hydroxyl groups excluding tert-OH is 1. The van der Waals surface area contributed by atoms with Crippen molar-refractivity contribution in [2.24, 2.45) is 10.8 Å². The van der Waals surface area contributed by atoms with Crippen molar-refractivity contribution in [3.05, 3.63) is 0 Å². The number of piperidine rings is 3. The molecule has 0 saturated carbocycles. The topological polar surface area (TPSA) is 56.2 Å². The molecule has 0 aromatic carbocycles. The first-order valence-corrected chi connectivity index (χ1v) is 10.2. The number of carbonyl (C=O) groups excluding carboxylic acids is 1. The maximum atomic E-state index is 12.3. The number of methoxy groups -OCH3 is 1. The zero-order valence-corrected chi connectivity index (χ0v) is 16.9. The molecule has 3 aliphatic rings. The van der Waals surface area contributed by atoms with Crippen molar-refractivity contribution in [3.8, 4) is 0 Å². The van der Waals surface area contributed by atoms with Gasteiger partial charge in [-0.3, -0.25) is 4.79 Å². The lowest BCUT2D eigenvalue weighted by Gasteiger charge is -2.52. The summed E-state index contributed by atoms with van der Waals surface area (Å²) >= 11 is 0. The lowest BCUT2D eigenvalue weighted by atomic mass is 9.70. The smallest absolute Gasteiger partial charge is 0.248 e. The van der Waals surface area contributed by atoms with Gasteiger partial charge in [0.25, 0.3) is 0 Å². The van der Waals surface area contributed by atoms with E-state index in [1.54, 1.807) is 7.11 Å². The van der Waals surface area contributed by atoms with Crippen LogP contribution in [0, 0.1) is 10.8 Å². The summed E-state index contributed by atoms with van der Waals surface area (Å²) in [6.07, 6.45) is 5.00. The number of hydrogen-bond acceptors (Lipinski definition) is 5. The fourth-order valence-electron chi connectivity index (χ4n) is 5.22. The Morgan fingerprint density at radius 3 is 2.58 bits per heavy atom. The highest BCUT2D eigenvalue weighted by molar-refractivity contribution is 5.77. The molecule has 0 aromatic heterocycles. The molecule has 1 spiro atoms. The molecular weight excluding hydrogens is 330 g/mol. The van der Waals surface area contributed by atoms with Gasteiger partial charge < -0.3 is 24.5 Å². The van der Waals surface area contributed by atoms with Crippen molar-refractivity contribution in [2.75, 3.05) is 66.6 Å². The maximum Gasteiger partial charge on any atom is 0.248 e. The van der Waals surface area contributed by atoms with Crippen molar-refractivity contribution in [3.63, 3.8) is 0 Å². The summed E-state index contributed by atoms with van der Waals surface area (Å²) < 4.78 is 5.03. The highest BCUT2D eigenvalue weighted by atomic mass is 16.5. The second-order valence-electron chi connectivity index (χ2n) is 9.34. The third-order valence-corrected chi connectivity index (χ3v) is 6.99. The van der Waals surface area contributed by atoms with E-state index in [4.69, 9.17) is 4.74 Å². The fourth-order valence-corrected chi connectivity index (χ4v) is 5.22. The molecule has 26 heavy (non-hydrogen) atoms. The largest absolute Gasteiger partial charge is 0.392 e. The zero-order valence-electron chi connectivity index (χ0n) is 16.9. The van der Waals surface area contributed by atoms with Crippen LogP contribution in [0.4, 0.5) is 0 Å². The van der Waals surface area contributed by atoms with E-state index in [0.717, 1.165) is 45.4 Å². The molecule has 3 rings (SSSR count). The molecular formula is C20H37N3O3. The quantitative estimate of drug-likeness (QED) is 0.805. The zero-order chi connectivity index (χ0) is 18.8. The van der Waals surface area contributed by atoms with E-state index in [1.165, 1.54) is 25.9 Å². The normalized spacial score (nSPS) is 33.5. The standard InChI is InChI=1S/C20H37N3O3/c1-19(7-11-21(2)12-8-19)14-22-10-5-17(24)20(15-22)6-4-9-23(16-20)18(25)13-26-3/h17,24H,4-16H2,1-3H3/t17-,20-/m1/s1. The lowest BCUT2D eigenvalue weighted by molar-refractivity contribution is -0.145. The predicted octanol–water partition coefficient (Wildman–Crippen LogP) is 1.04. The monoisotopic (exact) mass is 367 g/mol.